The Morgan fingerprint density at radius 3 is 2.71 bits per heavy atom. The Morgan fingerprint density at radius 2 is 1.94 bits per heavy atom. The number of nitrogens with one attached hydrogen (secondary N) is 1. The summed E-state index contributed by atoms with van der Waals surface area (Å²) in [6, 6.07) is 14.7. The SMILES string of the molecule is CC(C)c1ccc2c(c1)OC1(O)C3=CCCC(N)=C3C(=O)C21NC(=O)c1cc2ccccc2cn1. The van der Waals surface area contributed by atoms with Gasteiger partial charge < -0.3 is 20.9 Å². The molecule has 1 aliphatic heterocycles. The largest absolute Gasteiger partial charge is 0.454 e. The normalized spacial score (nSPS) is 24.7. The van der Waals surface area contributed by atoms with Gasteiger partial charge in [0.05, 0.1) is 0 Å². The molecule has 6 rings (SSSR count). The first kappa shape index (κ1) is 21.6. The number of Topliss-reactive ketones (excluding diaryl/α,β-unsaturated/α-hetero) is 1. The number of carbonyl (C=O) groups excluding carboxylic acids is 2. The summed E-state index contributed by atoms with van der Waals surface area (Å²) in [6.07, 6.45) is 4.45. The topological polar surface area (TPSA) is 115 Å². The highest BCUT2D eigenvalue weighted by atomic mass is 16.6. The molecule has 1 fully saturated rings. The Balaban J connectivity index is 1.53. The van der Waals surface area contributed by atoms with E-state index in [9.17, 15) is 14.7 Å². The van der Waals surface area contributed by atoms with Gasteiger partial charge in [0.1, 0.15) is 11.4 Å². The van der Waals surface area contributed by atoms with Gasteiger partial charge in [-0.15, -0.1) is 0 Å². The van der Waals surface area contributed by atoms with Crippen molar-refractivity contribution < 1.29 is 19.4 Å². The third kappa shape index (κ3) is 2.79. The minimum atomic E-state index is -2.12. The number of benzene rings is 2. The Kier molecular flexibility index (Phi) is 4.47. The molecule has 176 valence electrons. The number of amides is 1. The first-order valence-corrected chi connectivity index (χ1v) is 11.7. The maximum absolute atomic E-state index is 14.1. The fraction of sp³-hybridized carbons (Fsp3) is 0.250. The van der Waals surface area contributed by atoms with Crippen LogP contribution >= 0.6 is 0 Å². The van der Waals surface area contributed by atoms with E-state index in [-0.39, 0.29) is 17.2 Å². The average Bonchev–Trinajstić information content (AvgIpc) is 3.21. The first-order valence-electron chi connectivity index (χ1n) is 11.7. The predicted octanol–water partition coefficient (Wildman–Crippen LogP) is 3.58. The third-order valence-electron chi connectivity index (χ3n) is 7.29. The van der Waals surface area contributed by atoms with Crippen LogP contribution in [0.3, 0.4) is 0 Å². The number of fused-ring (bicyclic) bond motifs is 6. The van der Waals surface area contributed by atoms with Gasteiger partial charge in [0, 0.05) is 34.0 Å². The lowest BCUT2D eigenvalue weighted by Crippen LogP contribution is -2.62. The third-order valence-corrected chi connectivity index (χ3v) is 7.29. The van der Waals surface area contributed by atoms with Crippen molar-refractivity contribution in [1.82, 2.24) is 10.3 Å². The maximum atomic E-state index is 14.1. The summed E-state index contributed by atoms with van der Waals surface area (Å²) in [5.74, 6) is -2.61. The lowest BCUT2D eigenvalue weighted by molar-refractivity contribution is -0.152. The molecule has 1 aromatic heterocycles. The summed E-state index contributed by atoms with van der Waals surface area (Å²) >= 11 is 0. The molecule has 7 heteroatoms. The van der Waals surface area contributed by atoms with Gasteiger partial charge >= 0.3 is 0 Å². The molecule has 0 saturated heterocycles. The summed E-state index contributed by atoms with van der Waals surface area (Å²) < 4.78 is 6.15. The number of aromatic nitrogens is 1. The summed E-state index contributed by atoms with van der Waals surface area (Å²) in [7, 11) is 0. The number of hydrogen-bond acceptors (Lipinski definition) is 6. The minimum absolute atomic E-state index is 0.131. The van der Waals surface area contributed by atoms with E-state index < -0.39 is 23.0 Å². The highest BCUT2D eigenvalue weighted by Gasteiger charge is 2.74. The molecular formula is C28H25N3O4. The number of hydrogen-bond donors (Lipinski definition) is 3. The molecule has 2 heterocycles. The molecule has 3 aromatic rings. The van der Waals surface area contributed by atoms with Crippen LogP contribution < -0.4 is 15.8 Å². The van der Waals surface area contributed by atoms with E-state index in [2.05, 4.69) is 10.3 Å². The van der Waals surface area contributed by atoms with Crippen LogP contribution in [0.25, 0.3) is 10.8 Å². The quantitative estimate of drug-likeness (QED) is 0.543. The number of nitrogens with two attached hydrogens (primary N) is 1. The van der Waals surface area contributed by atoms with Crippen LogP contribution in [0, 0.1) is 0 Å². The number of allylic oxidation sites excluding steroid dienone is 2. The van der Waals surface area contributed by atoms with Crippen molar-refractivity contribution in [1.29, 1.82) is 0 Å². The highest BCUT2D eigenvalue weighted by molar-refractivity contribution is 6.16. The summed E-state index contributed by atoms with van der Waals surface area (Å²) in [5, 5.41) is 16.6. The van der Waals surface area contributed by atoms with E-state index in [0.29, 0.717) is 35.4 Å². The molecule has 0 bridgehead atoms. The zero-order valence-corrected chi connectivity index (χ0v) is 19.5. The van der Waals surface area contributed by atoms with Crippen LogP contribution in [0.2, 0.25) is 0 Å². The van der Waals surface area contributed by atoms with Gasteiger partial charge in [0.25, 0.3) is 11.7 Å². The summed E-state index contributed by atoms with van der Waals surface area (Å²) in [4.78, 5) is 32.0. The van der Waals surface area contributed by atoms with Crippen molar-refractivity contribution in [3.8, 4) is 5.75 Å². The number of carbonyl (C=O) groups is 2. The van der Waals surface area contributed by atoms with E-state index in [1.807, 2.05) is 50.2 Å². The van der Waals surface area contributed by atoms with Crippen LogP contribution in [0.15, 0.2) is 77.6 Å². The number of ketones is 1. The van der Waals surface area contributed by atoms with E-state index in [1.54, 1.807) is 24.4 Å². The second-order valence-electron chi connectivity index (χ2n) is 9.66. The fourth-order valence-electron chi connectivity index (χ4n) is 5.43. The smallest absolute Gasteiger partial charge is 0.271 e. The van der Waals surface area contributed by atoms with Crippen LogP contribution in [0.5, 0.6) is 5.75 Å². The summed E-state index contributed by atoms with van der Waals surface area (Å²) in [6.45, 7) is 4.09. The molecule has 2 unspecified atom stereocenters. The molecule has 4 N–H and O–H groups in total. The number of ether oxygens (including phenoxy) is 1. The molecule has 2 atom stereocenters. The van der Waals surface area contributed by atoms with Gasteiger partial charge in [-0.25, -0.2) is 0 Å². The second-order valence-corrected chi connectivity index (χ2v) is 9.66. The van der Waals surface area contributed by atoms with E-state index in [1.165, 1.54) is 0 Å². The monoisotopic (exact) mass is 467 g/mol. The van der Waals surface area contributed by atoms with Gasteiger partial charge in [0.15, 0.2) is 0 Å². The van der Waals surface area contributed by atoms with E-state index in [0.717, 1.165) is 16.3 Å². The number of nitrogens with zero attached hydrogens (tertiary/aromatic N) is 1. The first-order chi connectivity index (χ1) is 16.8. The zero-order chi connectivity index (χ0) is 24.5. The molecule has 35 heavy (non-hydrogen) atoms. The fourth-order valence-corrected chi connectivity index (χ4v) is 5.43. The van der Waals surface area contributed by atoms with E-state index >= 15 is 0 Å². The van der Waals surface area contributed by atoms with E-state index in [4.69, 9.17) is 10.5 Å². The van der Waals surface area contributed by atoms with Gasteiger partial charge in [-0.05, 0) is 41.8 Å². The molecule has 1 amide bonds. The van der Waals surface area contributed by atoms with Gasteiger partial charge in [-0.2, -0.15) is 0 Å². The average molecular weight is 468 g/mol. The molecular weight excluding hydrogens is 442 g/mol. The van der Waals surface area contributed by atoms with Crippen molar-refractivity contribution in [3.05, 3.63) is 94.5 Å². The van der Waals surface area contributed by atoms with Crippen molar-refractivity contribution in [2.75, 3.05) is 0 Å². The predicted molar refractivity (Wildman–Crippen MR) is 131 cm³/mol. The molecule has 0 spiro atoms. The Bertz CT molecular complexity index is 1510. The lowest BCUT2D eigenvalue weighted by Gasteiger charge is -2.34. The molecule has 3 aliphatic rings. The number of aliphatic hydroxyl groups is 1. The van der Waals surface area contributed by atoms with Gasteiger partial charge in [-0.1, -0.05) is 56.3 Å². The van der Waals surface area contributed by atoms with Crippen LogP contribution in [-0.2, 0) is 10.3 Å². The minimum Gasteiger partial charge on any atom is -0.454 e. The van der Waals surface area contributed by atoms with Gasteiger partial charge in [-0.3, -0.25) is 14.6 Å². The molecule has 2 aliphatic carbocycles. The molecule has 2 aromatic carbocycles. The van der Waals surface area contributed by atoms with Crippen molar-refractivity contribution in [2.45, 2.75) is 43.9 Å². The van der Waals surface area contributed by atoms with Crippen LogP contribution in [0.4, 0.5) is 0 Å². The van der Waals surface area contributed by atoms with Crippen molar-refractivity contribution >= 4 is 22.5 Å². The summed E-state index contributed by atoms with van der Waals surface area (Å²) in [5.41, 5.74) is 6.81. The van der Waals surface area contributed by atoms with Crippen LogP contribution in [-0.4, -0.2) is 27.6 Å². The Hall–Kier alpha value is -3.97. The van der Waals surface area contributed by atoms with Crippen molar-refractivity contribution in [3.63, 3.8) is 0 Å². The van der Waals surface area contributed by atoms with Crippen LogP contribution in [0.1, 0.15) is 54.2 Å². The Morgan fingerprint density at radius 1 is 1.17 bits per heavy atom. The zero-order valence-electron chi connectivity index (χ0n) is 19.5. The second kappa shape index (κ2) is 7.26. The van der Waals surface area contributed by atoms with Gasteiger partial charge in [0.2, 0.25) is 11.3 Å². The maximum Gasteiger partial charge on any atom is 0.271 e. The number of pyridine rings is 1. The van der Waals surface area contributed by atoms with Crippen molar-refractivity contribution in [2.24, 2.45) is 5.73 Å². The standard InChI is InChI=1S/C28H25N3O4/c1-15(2)16-10-11-19-23(13-16)35-28(34)20-8-5-9-21(29)24(20)25(32)27(19,28)31-26(33)22-12-17-6-3-4-7-18(17)14-30-22/h3-4,6-8,10-15,34H,5,9,29H2,1-2H3,(H,31,33). The number of rotatable bonds is 3. The molecule has 7 nitrogen and oxygen atoms in total. The lowest BCUT2D eigenvalue weighted by atomic mass is 9.83. The molecule has 0 radical (unpaired) electrons. The highest BCUT2D eigenvalue weighted by Crippen LogP contribution is 2.59. The Labute approximate surface area is 202 Å². The molecule has 1 saturated carbocycles.